The highest BCUT2D eigenvalue weighted by Crippen LogP contribution is 2.37. The van der Waals surface area contributed by atoms with E-state index in [1.54, 1.807) is 0 Å². The van der Waals surface area contributed by atoms with E-state index >= 15 is 0 Å². The lowest BCUT2D eigenvalue weighted by Crippen LogP contribution is -2.50. The molecule has 0 saturated carbocycles. The number of hydrogen-bond acceptors (Lipinski definition) is 3. The summed E-state index contributed by atoms with van der Waals surface area (Å²) >= 11 is 0. The van der Waals surface area contributed by atoms with Crippen LogP contribution >= 0.6 is 0 Å². The van der Waals surface area contributed by atoms with Gasteiger partial charge in [-0.3, -0.25) is 4.79 Å². The molecule has 0 aromatic carbocycles. The van der Waals surface area contributed by atoms with Gasteiger partial charge in [0.1, 0.15) is 0 Å². The molecule has 2 N–H and O–H groups in total. The highest BCUT2D eigenvalue weighted by Gasteiger charge is 2.38. The summed E-state index contributed by atoms with van der Waals surface area (Å²) < 4.78 is 5.61. The fourth-order valence-electron chi connectivity index (χ4n) is 3.06. The number of hydrogen-bond donors (Lipinski definition) is 1. The van der Waals surface area contributed by atoms with E-state index in [4.69, 9.17) is 10.5 Å². The van der Waals surface area contributed by atoms with Crippen molar-refractivity contribution in [3.63, 3.8) is 0 Å². The molecule has 4 heteroatoms. The zero-order valence-electron chi connectivity index (χ0n) is 10.8. The van der Waals surface area contributed by atoms with Crippen LogP contribution in [0.25, 0.3) is 0 Å². The summed E-state index contributed by atoms with van der Waals surface area (Å²) in [6.07, 6.45) is 5.12. The maximum absolute atomic E-state index is 12.0. The molecule has 2 unspecified atom stereocenters. The van der Waals surface area contributed by atoms with Crippen LogP contribution in [-0.2, 0) is 9.53 Å². The largest absolute Gasteiger partial charge is 0.381 e. The van der Waals surface area contributed by atoms with Crippen molar-refractivity contribution in [2.45, 2.75) is 45.1 Å². The Morgan fingerprint density at radius 1 is 1.47 bits per heavy atom. The molecule has 0 bridgehead atoms. The lowest BCUT2D eigenvalue weighted by atomic mass is 9.76. The van der Waals surface area contributed by atoms with E-state index in [9.17, 15) is 4.79 Å². The van der Waals surface area contributed by atoms with Gasteiger partial charge in [0.2, 0.25) is 5.91 Å². The number of nitrogens with two attached hydrogens (primary N) is 1. The second kappa shape index (κ2) is 5.36. The molecule has 0 aromatic heterocycles. The van der Waals surface area contributed by atoms with Crippen molar-refractivity contribution in [3.05, 3.63) is 0 Å². The fraction of sp³-hybridized carbons (Fsp3) is 0.923. The zero-order chi connectivity index (χ0) is 12.3. The van der Waals surface area contributed by atoms with Crippen molar-refractivity contribution in [3.8, 4) is 0 Å². The zero-order valence-corrected chi connectivity index (χ0v) is 10.8. The number of carbonyl (C=O) groups is 1. The molecule has 98 valence electrons. The van der Waals surface area contributed by atoms with E-state index in [1.165, 1.54) is 12.8 Å². The number of likely N-dealkylation sites (tertiary alicyclic amines) is 1. The minimum absolute atomic E-state index is 0.0389. The molecule has 4 nitrogen and oxygen atoms in total. The summed E-state index contributed by atoms with van der Waals surface area (Å²) in [5.74, 6) is 0.213. The Morgan fingerprint density at radius 2 is 2.24 bits per heavy atom. The SMILES string of the molecule is CC(N)CC(=O)N1CCCC2(CCCOC2)C1. The Morgan fingerprint density at radius 3 is 2.88 bits per heavy atom. The average molecular weight is 240 g/mol. The van der Waals surface area contributed by atoms with Crippen LogP contribution in [0.4, 0.5) is 0 Å². The molecule has 17 heavy (non-hydrogen) atoms. The summed E-state index contributed by atoms with van der Waals surface area (Å²) in [5.41, 5.74) is 5.94. The highest BCUT2D eigenvalue weighted by molar-refractivity contribution is 5.76. The van der Waals surface area contributed by atoms with Gasteiger partial charge in [0.05, 0.1) is 6.61 Å². The van der Waals surface area contributed by atoms with Gasteiger partial charge in [0, 0.05) is 37.6 Å². The van der Waals surface area contributed by atoms with E-state index < -0.39 is 0 Å². The Kier molecular flexibility index (Phi) is 4.05. The van der Waals surface area contributed by atoms with Crippen LogP contribution in [0, 0.1) is 5.41 Å². The van der Waals surface area contributed by atoms with Crippen molar-refractivity contribution in [1.82, 2.24) is 4.90 Å². The summed E-state index contributed by atoms with van der Waals surface area (Å²) in [5, 5.41) is 0. The van der Waals surface area contributed by atoms with Gasteiger partial charge >= 0.3 is 0 Å². The monoisotopic (exact) mass is 240 g/mol. The first-order valence-corrected chi connectivity index (χ1v) is 6.72. The Balaban J connectivity index is 1.94. The summed E-state index contributed by atoms with van der Waals surface area (Å²) in [7, 11) is 0. The van der Waals surface area contributed by atoms with Gasteiger partial charge in [0.15, 0.2) is 0 Å². The predicted octanol–water partition coefficient (Wildman–Crippen LogP) is 1.14. The molecule has 2 rings (SSSR count). The van der Waals surface area contributed by atoms with E-state index in [2.05, 4.69) is 0 Å². The predicted molar refractivity (Wildman–Crippen MR) is 66.6 cm³/mol. The molecule has 0 radical (unpaired) electrons. The van der Waals surface area contributed by atoms with Crippen molar-refractivity contribution in [2.24, 2.45) is 11.1 Å². The third-order valence-electron chi connectivity index (χ3n) is 3.91. The Bertz CT molecular complexity index is 267. The maximum Gasteiger partial charge on any atom is 0.224 e. The highest BCUT2D eigenvalue weighted by atomic mass is 16.5. The van der Waals surface area contributed by atoms with E-state index in [0.717, 1.165) is 39.1 Å². The third kappa shape index (κ3) is 3.19. The molecule has 1 amide bonds. The van der Waals surface area contributed by atoms with Crippen LogP contribution in [0.3, 0.4) is 0 Å². The molecule has 2 aliphatic heterocycles. The van der Waals surface area contributed by atoms with Gasteiger partial charge in [-0.1, -0.05) is 0 Å². The summed E-state index contributed by atoms with van der Waals surface area (Å²) in [6, 6.07) is -0.0389. The van der Waals surface area contributed by atoms with Crippen LogP contribution in [0.1, 0.15) is 39.0 Å². The fourth-order valence-corrected chi connectivity index (χ4v) is 3.06. The Labute approximate surface area is 103 Å². The van der Waals surface area contributed by atoms with Crippen molar-refractivity contribution < 1.29 is 9.53 Å². The maximum atomic E-state index is 12.0. The molecular weight excluding hydrogens is 216 g/mol. The minimum atomic E-state index is -0.0389. The van der Waals surface area contributed by atoms with Crippen LogP contribution in [0.5, 0.6) is 0 Å². The summed E-state index contributed by atoms with van der Waals surface area (Å²) in [4.78, 5) is 14.0. The lowest BCUT2D eigenvalue weighted by Gasteiger charge is -2.45. The van der Waals surface area contributed by atoms with Gasteiger partial charge in [0.25, 0.3) is 0 Å². The molecule has 2 atom stereocenters. The molecule has 2 heterocycles. The normalized spacial score (nSPS) is 31.5. The first-order chi connectivity index (χ1) is 8.11. The second-order valence-corrected chi connectivity index (χ2v) is 5.76. The van der Waals surface area contributed by atoms with Gasteiger partial charge in [-0.25, -0.2) is 0 Å². The number of rotatable bonds is 2. The van der Waals surface area contributed by atoms with Crippen molar-refractivity contribution in [1.29, 1.82) is 0 Å². The van der Waals surface area contributed by atoms with Crippen LogP contribution in [0.2, 0.25) is 0 Å². The smallest absolute Gasteiger partial charge is 0.224 e. The number of ether oxygens (including phenoxy) is 1. The molecule has 1 spiro atoms. The molecule has 2 saturated heterocycles. The van der Waals surface area contributed by atoms with Gasteiger partial charge in [-0.2, -0.15) is 0 Å². The number of carbonyl (C=O) groups excluding carboxylic acids is 1. The summed E-state index contributed by atoms with van der Waals surface area (Å²) in [6.45, 7) is 5.37. The van der Waals surface area contributed by atoms with Crippen LogP contribution < -0.4 is 5.73 Å². The lowest BCUT2D eigenvalue weighted by molar-refractivity contribution is -0.138. The quantitative estimate of drug-likeness (QED) is 0.787. The van der Waals surface area contributed by atoms with Crippen LogP contribution in [-0.4, -0.2) is 43.2 Å². The molecule has 0 aliphatic carbocycles. The standard InChI is InChI=1S/C13H24N2O2/c1-11(14)8-12(16)15-6-2-4-13(9-15)5-3-7-17-10-13/h11H,2-10,14H2,1H3. The first kappa shape index (κ1) is 12.8. The second-order valence-electron chi connectivity index (χ2n) is 5.76. The van der Waals surface area contributed by atoms with Gasteiger partial charge < -0.3 is 15.4 Å². The van der Waals surface area contributed by atoms with Gasteiger partial charge in [-0.05, 0) is 32.6 Å². The minimum Gasteiger partial charge on any atom is -0.381 e. The first-order valence-electron chi connectivity index (χ1n) is 6.72. The van der Waals surface area contributed by atoms with E-state index in [1.807, 2.05) is 11.8 Å². The van der Waals surface area contributed by atoms with Crippen LogP contribution in [0.15, 0.2) is 0 Å². The average Bonchev–Trinajstić information content (AvgIpc) is 2.29. The molecular formula is C13H24N2O2. The van der Waals surface area contributed by atoms with Gasteiger partial charge in [-0.15, -0.1) is 0 Å². The third-order valence-corrected chi connectivity index (χ3v) is 3.91. The van der Waals surface area contributed by atoms with E-state index in [-0.39, 0.29) is 17.4 Å². The number of amides is 1. The van der Waals surface area contributed by atoms with Crippen molar-refractivity contribution in [2.75, 3.05) is 26.3 Å². The van der Waals surface area contributed by atoms with E-state index in [0.29, 0.717) is 6.42 Å². The molecule has 0 aromatic rings. The molecule has 2 aliphatic rings. The number of nitrogens with zero attached hydrogens (tertiary/aromatic N) is 1. The Hall–Kier alpha value is -0.610. The number of piperidine rings is 1. The topological polar surface area (TPSA) is 55.6 Å². The van der Waals surface area contributed by atoms with Crippen molar-refractivity contribution >= 4 is 5.91 Å². The molecule has 2 fully saturated rings.